The summed E-state index contributed by atoms with van der Waals surface area (Å²) >= 11 is 0.714. The van der Waals surface area contributed by atoms with Gasteiger partial charge in [0.25, 0.3) is 18.2 Å². The third-order valence-corrected chi connectivity index (χ3v) is 7.54. The zero-order valence-corrected chi connectivity index (χ0v) is 20.8. The molecule has 3 heterocycles. The topological polar surface area (TPSA) is 107 Å². The van der Waals surface area contributed by atoms with Crippen molar-refractivity contribution in [3.05, 3.63) is 28.5 Å². The van der Waals surface area contributed by atoms with Gasteiger partial charge in [0, 0.05) is 29.9 Å². The van der Waals surface area contributed by atoms with Crippen LogP contribution in [0.3, 0.4) is 0 Å². The smallest absolute Gasteiger partial charge is 0.391 e. The lowest BCUT2D eigenvalue weighted by Crippen LogP contribution is -2.35. The normalized spacial score (nSPS) is 22.3. The highest BCUT2D eigenvalue weighted by Crippen LogP contribution is 2.39. The lowest BCUT2D eigenvalue weighted by Gasteiger charge is -2.22. The molecule has 1 aliphatic carbocycles. The van der Waals surface area contributed by atoms with E-state index in [-0.39, 0.29) is 33.6 Å². The number of rotatable bonds is 8. The molecule has 4 atom stereocenters. The molecular weight excluding hydrogens is 521 g/mol. The van der Waals surface area contributed by atoms with Gasteiger partial charge in [0.15, 0.2) is 5.01 Å². The predicted molar refractivity (Wildman–Crippen MR) is 126 cm³/mol. The lowest BCUT2D eigenvalue weighted by atomic mass is 10.1. The van der Waals surface area contributed by atoms with Crippen LogP contribution in [-0.2, 0) is 0 Å². The monoisotopic (exact) mass is 547 g/mol. The maximum atomic E-state index is 14.1. The summed E-state index contributed by atoms with van der Waals surface area (Å²) in [5.41, 5.74) is -1.04. The average molecular weight is 548 g/mol. The van der Waals surface area contributed by atoms with Crippen LogP contribution in [0.15, 0.2) is 12.3 Å². The van der Waals surface area contributed by atoms with Crippen molar-refractivity contribution >= 4 is 29.0 Å². The minimum Gasteiger partial charge on any atom is -0.391 e. The number of aliphatic hydroxyl groups is 1. The Bertz CT molecular complexity index is 1170. The third-order valence-electron chi connectivity index (χ3n) is 6.45. The number of halogens is 5. The maximum absolute atomic E-state index is 14.1. The van der Waals surface area contributed by atoms with Gasteiger partial charge < -0.3 is 20.6 Å². The highest BCUT2D eigenvalue weighted by molar-refractivity contribution is 7.17. The molecule has 0 radical (unpaired) electrons. The first-order chi connectivity index (χ1) is 17.4. The number of anilines is 1. The number of aliphatic hydroxyl groups excluding tert-OH is 1. The molecule has 1 saturated heterocycles. The highest BCUT2D eigenvalue weighted by atomic mass is 32.1. The number of aromatic nitrogens is 2. The number of nitrogens with zero attached hydrogens (tertiary/aromatic N) is 3. The first kappa shape index (κ1) is 27.2. The second kappa shape index (κ2) is 10.5. The van der Waals surface area contributed by atoms with Crippen molar-refractivity contribution in [2.45, 2.75) is 76.4 Å². The summed E-state index contributed by atoms with van der Waals surface area (Å²) in [6.07, 6.45) is -5.91. The largest absolute Gasteiger partial charge is 0.408 e. The molecule has 1 saturated carbocycles. The maximum Gasteiger partial charge on any atom is 0.408 e. The molecule has 3 N–H and O–H groups in total. The Morgan fingerprint density at radius 2 is 2.03 bits per heavy atom. The van der Waals surface area contributed by atoms with Crippen LogP contribution < -0.4 is 10.6 Å². The van der Waals surface area contributed by atoms with Crippen molar-refractivity contribution in [1.29, 1.82) is 0 Å². The standard InChI is InChI=1S/C23H26F5N5O3S/c1-3-15(23(26,27)28)31-16-7-11(19(24)25)12(9-29-16)18-17(22(36)33-6-4-5-10(33)2)32-21(37-18)20(35)30-13-8-14(13)34/h7,9-10,13-15,19,34H,3-6,8H2,1-2H3,(H,29,31)(H,30,35)/t10-,13-,14-,15?/m0/s1. The summed E-state index contributed by atoms with van der Waals surface area (Å²) in [5, 5.41) is 14.1. The molecule has 37 heavy (non-hydrogen) atoms. The molecule has 1 aliphatic heterocycles. The van der Waals surface area contributed by atoms with Gasteiger partial charge in [-0.05, 0) is 38.7 Å². The number of likely N-dealkylation sites (tertiary alicyclic amines) is 1. The zero-order valence-electron chi connectivity index (χ0n) is 20.0. The minimum absolute atomic E-state index is 0.0252. The Labute approximate surface area is 213 Å². The Morgan fingerprint density at radius 1 is 1.32 bits per heavy atom. The van der Waals surface area contributed by atoms with Gasteiger partial charge in [-0.1, -0.05) is 6.92 Å². The molecule has 14 heteroatoms. The van der Waals surface area contributed by atoms with Crippen LogP contribution in [0.25, 0.3) is 10.4 Å². The fourth-order valence-corrected chi connectivity index (χ4v) is 5.19. The van der Waals surface area contributed by atoms with E-state index in [9.17, 15) is 36.6 Å². The van der Waals surface area contributed by atoms with Crippen molar-refractivity contribution in [2.75, 3.05) is 11.9 Å². The number of thiazole rings is 1. The predicted octanol–water partition coefficient (Wildman–Crippen LogP) is 4.38. The fraction of sp³-hybridized carbons (Fsp3) is 0.565. The van der Waals surface area contributed by atoms with Crippen LogP contribution in [-0.4, -0.2) is 68.7 Å². The molecule has 2 amide bonds. The number of pyridine rings is 1. The van der Waals surface area contributed by atoms with Crippen molar-refractivity contribution in [1.82, 2.24) is 20.2 Å². The van der Waals surface area contributed by atoms with E-state index in [0.717, 1.165) is 25.1 Å². The molecule has 2 aromatic heterocycles. The van der Waals surface area contributed by atoms with Crippen molar-refractivity contribution in [2.24, 2.45) is 0 Å². The van der Waals surface area contributed by atoms with E-state index in [1.54, 1.807) is 4.90 Å². The van der Waals surface area contributed by atoms with E-state index >= 15 is 0 Å². The van der Waals surface area contributed by atoms with Gasteiger partial charge in [-0.2, -0.15) is 13.2 Å². The molecular formula is C23H26F5N5O3S. The summed E-state index contributed by atoms with van der Waals surface area (Å²) in [5.74, 6) is -1.59. The Hall–Kier alpha value is -2.87. The Balaban J connectivity index is 1.75. The lowest BCUT2D eigenvalue weighted by molar-refractivity contribution is -0.142. The molecule has 1 unspecified atom stereocenters. The summed E-state index contributed by atoms with van der Waals surface area (Å²) in [7, 11) is 0. The molecule has 0 aromatic carbocycles. The second-order valence-corrected chi connectivity index (χ2v) is 10.2. The number of nitrogens with one attached hydrogen (secondary N) is 2. The number of carbonyl (C=O) groups excluding carboxylic acids is 2. The minimum atomic E-state index is -4.61. The van der Waals surface area contributed by atoms with E-state index in [1.165, 1.54) is 6.92 Å². The quantitative estimate of drug-likeness (QED) is 0.424. The number of carbonyl (C=O) groups is 2. The summed E-state index contributed by atoms with van der Waals surface area (Å²) in [6.45, 7) is 3.58. The van der Waals surface area contributed by atoms with Gasteiger partial charge in [0.2, 0.25) is 0 Å². The zero-order chi connectivity index (χ0) is 27.1. The third kappa shape index (κ3) is 5.84. The van der Waals surface area contributed by atoms with E-state index in [4.69, 9.17) is 0 Å². The van der Waals surface area contributed by atoms with Crippen LogP contribution in [0, 0.1) is 0 Å². The summed E-state index contributed by atoms with van der Waals surface area (Å²) < 4.78 is 67.8. The van der Waals surface area contributed by atoms with Crippen molar-refractivity contribution in [3.63, 3.8) is 0 Å². The first-order valence-electron chi connectivity index (χ1n) is 11.8. The van der Waals surface area contributed by atoms with E-state index in [0.29, 0.717) is 24.3 Å². The molecule has 0 bridgehead atoms. The SMILES string of the molecule is CCC(Nc1cc(C(F)F)c(-c2sc(C(=O)N[C@H]3C[C@@H]3O)nc2C(=O)N2CCC[C@@H]2C)cn1)C(F)(F)F. The highest BCUT2D eigenvalue weighted by Gasteiger charge is 2.40. The Morgan fingerprint density at radius 3 is 2.57 bits per heavy atom. The van der Waals surface area contributed by atoms with Gasteiger partial charge in [0.1, 0.15) is 17.6 Å². The van der Waals surface area contributed by atoms with Gasteiger partial charge in [-0.25, -0.2) is 18.7 Å². The van der Waals surface area contributed by atoms with Gasteiger partial charge in [0.05, 0.1) is 17.0 Å². The van der Waals surface area contributed by atoms with Crippen LogP contribution in [0.5, 0.6) is 0 Å². The number of hydrogen-bond acceptors (Lipinski definition) is 7. The van der Waals surface area contributed by atoms with Crippen molar-refractivity contribution in [3.8, 4) is 10.4 Å². The second-order valence-electron chi connectivity index (χ2n) is 9.17. The molecule has 202 valence electrons. The van der Waals surface area contributed by atoms with Gasteiger partial charge in [-0.15, -0.1) is 11.3 Å². The summed E-state index contributed by atoms with van der Waals surface area (Å²) in [6, 6.07) is -1.74. The molecule has 2 aromatic rings. The van der Waals surface area contributed by atoms with E-state index in [2.05, 4.69) is 20.6 Å². The van der Waals surface area contributed by atoms with Gasteiger partial charge >= 0.3 is 6.18 Å². The molecule has 0 spiro atoms. The Kier molecular flexibility index (Phi) is 7.70. The van der Waals surface area contributed by atoms with Crippen LogP contribution in [0.2, 0.25) is 0 Å². The molecule has 2 aliphatic rings. The van der Waals surface area contributed by atoms with Gasteiger partial charge in [-0.3, -0.25) is 9.59 Å². The van der Waals surface area contributed by atoms with Crippen LogP contribution in [0.4, 0.5) is 27.8 Å². The van der Waals surface area contributed by atoms with Crippen molar-refractivity contribution < 1.29 is 36.6 Å². The van der Waals surface area contributed by atoms with E-state index < -0.39 is 54.0 Å². The molecule has 8 nitrogen and oxygen atoms in total. The van der Waals surface area contributed by atoms with Crippen LogP contribution in [0.1, 0.15) is 71.8 Å². The summed E-state index contributed by atoms with van der Waals surface area (Å²) in [4.78, 5) is 35.7. The number of alkyl halides is 5. The van der Waals surface area contributed by atoms with E-state index in [1.807, 2.05) is 6.92 Å². The average Bonchev–Trinajstić information content (AvgIpc) is 3.20. The fourth-order valence-electron chi connectivity index (χ4n) is 4.20. The first-order valence-corrected chi connectivity index (χ1v) is 12.6. The van der Waals surface area contributed by atoms with Crippen LogP contribution >= 0.6 is 11.3 Å². The molecule has 4 rings (SSSR count). The molecule has 2 fully saturated rings. The number of hydrogen-bond donors (Lipinski definition) is 3. The number of amides is 2.